The van der Waals surface area contributed by atoms with Crippen molar-refractivity contribution in [1.29, 1.82) is 0 Å². The maximum Gasteiger partial charge on any atom is 0.407 e. The Morgan fingerprint density at radius 3 is 2.57 bits per heavy atom. The van der Waals surface area contributed by atoms with Gasteiger partial charge in [0.15, 0.2) is 0 Å². The molecule has 2 N–H and O–H groups in total. The second kappa shape index (κ2) is 6.75. The molecule has 0 aromatic rings. The molecule has 0 spiro atoms. The Morgan fingerprint density at radius 1 is 1.43 bits per heavy atom. The highest BCUT2D eigenvalue weighted by Gasteiger charge is 2.39. The SMILES string of the molecule is COC(=O)CN1C(=O)[C@H](O)C[C@@H]1CNC(=O)OC(C)(C)C. The zero-order valence-corrected chi connectivity index (χ0v) is 12.7. The number of likely N-dealkylation sites (tertiary alicyclic amines) is 1. The first-order valence-corrected chi connectivity index (χ1v) is 6.66. The molecule has 2 amide bonds. The van der Waals surface area contributed by atoms with Crippen LogP contribution in [0.15, 0.2) is 0 Å². The summed E-state index contributed by atoms with van der Waals surface area (Å²) in [6, 6.07) is -0.473. The van der Waals surface area contributed by atoms with E-state index >= 15 is 0 Å². The Balaban J connectivity index is 2.57. The van der Waals surface area contributed by atoms with Gasteiger partial charge in [-0.05, 0) is 20.8 Å². The largest absolute Gasteiger partial charge is 0.468 e. The topological polar surface area (TPSA) is 105 Å². The Hall–Kier alpha value is -1.83. The van der Waals surface area contributed by atoms with E-state index in [9.17, 15) is 19.5 Å². The molecule has 1 aliphatic heterocycles. The number of nitrogens with one attached hydrogen (secondary N) is 1. The fourth-order valence-corrected chi connectivity index (χ4v) is 1.98. The number of carbonyl (C=O) groups is 3. The van der Waals surface area contributed by atoms with E-state index in [0.29, 0.717) is 0 Å². The number of alkyl carbamates (subject to hydrolysis) is 1. The lowest BCUT2D eigenvalue weighted by atomic mass is 10.2. The molecule has 1 heterocycles. The summed E-state index contributed by atoms with van der Waals surface area (Å²) in [4.78, 5) is 35.8. The van der Waals surface area contributed by atoms with Crippen LogP contribution in [0, 0.1) is 0 Å². The number of hydrogen-bond acceptors (Lipinski definition) is 6. The van der Waals surface area contributed by atoms with Gasteiger partial charge in [-0.1, -0.05) is 0 Å². The molecule has 0 saturated carbocycles. The summed E-state index contributed by atoms with van der Waals surface area (Å²) in [6.07, 6.45) is -1.64. The molecular weight excluding hydrogens is 280 g/mol. The Kier molecular flexibility index (Phi) is 5.54. The highest BCUT2D eigenvalue weighted by molar-refractivity contribution is 5.87. The van der Waals surface area contributed by atoms with Crippen LogP contribution in [0.2, 0.25) is 0 Å². The zero-order valence-electron chi connectivity index (χ0n) is 12.7. The van der Waals surface area contributed by atoms with Crippen molar-refractivity contribution in [3.8, 4) is 0 Å². The van der Waals surface area contributed by atoms with Gasteiger partial charge in [-0.15, -0.1) is 0 Å². The van der Waals surface area contributed by atoms with E-state index in [-0.39, 0.29) is 19.5 Å². The van der Waals surface area contributed by atoms with Gasteiger partial charge in [0, 0.05) is 13.0 Å². The van der Waals surface area contributed by atoms with E-state index in [0.717, 1.165) is 0 Å². The van der Waals surface area contributed by atoms with E-state index in [2.05, 4.69) is 10.1 Å². The van der Waals surface area contributed by atoms with Crippen LogP contribution in [0.25, 0.3) is 0 Å². The highest BCUT2D eigenvalue weighted by atomic mass is 16.6. The van der Waals surface area contributed by atoms with E-state index in [4.69, 9.17) is 4.74 Å². The average molecular weight is 302 g/mol. The number of ether oxygens (including phenoxy) is 2. The predicted octanol–water partition coefficient (Wildman–Crippen LogP) is -0.354. The number of carbonyl (C=O) groups excluding carboxylic acids is 3. The minimum Gasteiger partial charge on any atom is -0.468 e. The summed E-state index contributed by atoms with van der Waals surface area (Å²) < 4.78 is 9.59. The molecule has 1 saturated heterocycles. The third-order valence-electron chi connectivity index (χ3n) is 2.91. The van der Waals surface area contributed by atoms with Crippen molar-refractivity contribution in [2.24, 2.45) is 0 Å². The molecule has 0 bridgehead atoms. The molecular formula is C13H22N2O6. The molecule has 1 rings (SSSR count). The third-order valence-corrected chi connectivity index (χ3v) is 2.91. The summed E-state index contributed by atoms with van der Waals surface area (Å²) in [6.45, 7) is 5.04. The van der Waals surface area contributed by atoms with E-state index in [1.165, 1.54) is 12.0 Å². The van der Waals surface area contributed by atoms with E-state index < -0.39 is 35.7 Å². The minimum atomic E-state index is -1.17. The average Bonchev–Trinajstić information content (AvgIpc) is 2.62. The molecule has 2 atom stereocenters. The Labute approximate surface area is 123 Å². The van der Waals surface area contributed by atoms with Crippen LogP contribution in [0.3, 0.4) is 0 Å². The molecule has 0 aromatic carbocycles. The maximum absolute atomic E-state index is 11.8. The van der Waals surface area contributed by atoms with E-state index in [1.54, 1.807) is 20.8 Å². The van der Waals surface area contributed by atoms with Crippen LogP contribution in [0.1, 0.15) is 27.2 Å². The van der Waals surface area contributed by atoms with Gasteiger partial charge in [-0.3, -0.25) is 9.59 Å². The van der Waals surface area contributed by atoms with Crippen molar-refractivity contribution in [3.63, 3.8) is 0 Å². The molecule has 8 nitrogen and oxygen atoms in total. The maximum atomic E-state index is 11.8. The second-order valence-corrected chi connectivity index (χ2v) is 5.83. The number of amides is 2. The van der Waals surface area contributed by atoms with Gasteiger partial charge in [-0.2, -0.15) is 0 Å². The fraction of sp³-hybridized carbons (Fsp3) is 0.769. The molecule has 0 radical (unpaired) electrons. The van der Waals surface area contributed by atoms with Crippen molar-refractivity contribution in [2.45, 2.75) is 44.9 Å². The fourth-order valence-electron chi connectivity index (χ4n) is 1.98. The highest BCUT2D eigenvalue weighted by Crippen LogP contribution is 2.19. The van der Waals surface area contributed by atoms with Crippen LogP contribution in [-0.4, -0.2) is 65.9 Å². The Bertz CT molecular complexity index is 417. The lowest BCUT2D eigenvalue weighted by molar-refractivity contribution is -0.148. The molecule has 0 aliphatic carbocycles. The first-order chi connectivity index (χ1) is 9.64. The molecule has 8 heteroatoms. The molecule has 0 aromatic heterocycles. The smallest absolute Gasteiger partial charge is 0.407 e. The molecule has 0 unspecified atom stereocenters. The Morgan fingerprint density at radius 2 is 2.05 bits per heavy atom. The van der Waals surface area contributed by atoms with Crippen LogP contribution >= 0.6 is 0 Å². The summed E-state index contributed by atoms with van der Waals surface area (Å²) in [7, 11) is 1.22. The second-order valence-electron chi connectivity index (χ2n) is 5.83. The summed E-state index contributed by atoms with van der Waals surface area (Å²) >= 11 is 0. The third kappa shape index (κ3) is 5.22. The first-order valence-electron chi connectivity index (χ1n) is 6.66. The van der Waals surface area contributed by atoms with E-state index in [1.807, 2.05) is 0 Å². The number of rotatable bonds is 4. The number of hydrogen-bond donors (Lipinski definition) is 2. The molecule has 120 valence electrons. The van der Waals surface area contributed by atoms with Gasteiger partial charge in [0.05, 0.1) is 13.2 Å². The van der Waals surface area contributed by atoms with Gasteiger partial charge in [-0.25, -0.2) is 4.79 Å². The van der Waals surface area contributed by atoms with Gasteiger partial charge in [0.2, 0.25) is 0 Å². The number of aliphatic hydroxyl groups excluding tert-OH is 1. The first kappa shape index (κ1) is 17.2. The van der Waals surface area contributed by atoms with Crippen LogP contribution in [-0.2, 0) is 19.1 Å². The number of aliphatic hydroxyl groups is 1. The van der Waals surface area contributed by atoms with Crippen LogP contribution < -0.4 is 5.32 Å². The zero-order chi connectivity index (χ0) is 16.2. The van der Waals surface area contributed by atoms with Gasteiger partial charge in [0.1, 0.15) is 18.2 Å². The molecule has 1 aliphatic rings. The quantitative estimate of drug-likeness (QED) is 0.687. The van der Waals surface area contributed by atoms with Crippen molar-refractivity contribution in [1.82, 2.24) is 10.2 Å². The number of methoxy groups -OCH3 is 1. The lowest BCUT2D eigenvalue weighted by Crippen LogP contribution is -2.45. The number of nitrogens with zero attached hydrogens (tertiary/aromatic N) is 1. The normalized spacial score (nSPS) is 22.1. The standard InChI is InChI=1S/C13H22N2O6/c1-13(2,3)21-12(19)14-6-8-5-9(16)11(18)15(8)7-10(17)20-4/h8-9,16H,5-7H2,1-4H3,(H,14,19)/t8-,9-/m1/s1. The molecule has 1 fully saturated rings. The monoisotopic (exact) mass is 302 g/mol. The molecule has 21 heavy (non-hydrogen) atoms. The van der Waals surface area contributed by atoms with Crippen molar-refractivity contribution >= 4 is 18.0 Å². The summed E-state index contributed by atoms with van der Waals surface area (Å²) in [5.74, 6) is -1.13. The minimum absolute atomic E-state index is 0.0920. The van der Waals surface area contributed by atoms with Crippen LogP contribution in [0.5, 0.6) is 0 Å². The predicted molar refractivity (Wildman–Crippen MR) is 72.4 cm³/mol. The van der Waals surface area contributed by atoms with Crippen molar-refractivity contribution in [2.75, 3.05) is 20.2 Å². The van der Waals surface area contributed by atoms with Crippen molar-refractivity contribution < 1.29 is 29.0 Å². The summed E-state index contributed by atoms with van der Waals surface area (Å²) in [5, 5.41) is 12.1. The van der Waals surface area contributed by atoms with Crippen molar-refractivity contribution in [3.05, 3.63) is 0 Å². The van der Waals surface area contributed by atoms with Gasteiger partial charge in [0.25, 0.3) is 5.91 Å². The lowest BCUT2D eigenvalue weighted by Gasteiger charge is -2.25. The van der Waals surface area contributed by atoms with Crippen LogP contribution in [0.4, 0.5) is 4.79 Å². The number of esters is 1. The summed E-state index contributed by atoms with van der Waals surface area (Å²) in [5.41, 5.74) is -0.624. The van der Waals surface area contributed by atoms with Gasteiger partial charge >= 0.3 is 12.1 Å². The van der Waals surface area contributed by atoms with Gasteiger partial charge < -0.3 is 24.8 Å².